The molecule has 1 nitrogen and oxygen atoms in total. The van der Waals surface area contributed by atoms with E-state index in [9.17, 15) is 0 Å². The predicted molar refractivity (Wildman–Crippen MR) is 88.4 cm³/mol. The Morgan fingerprint density at radius 1 is 0.850 bits per heavy atom. The number of hydrogen-bond acceptors (Lipinski definition) is 1. The Hall–Kier alpha value is -2.41. The summed E-state index contributed by atoms with van der Waals surface area (Å²) in [5.74, 6) is 0.315. The first-order chi connectivity index (χ1) is 9.84. The molecule has 0 spiro atoms. The zero-order valence-electron chi connectivity index (χ0n) is 11.7. The zero-order chi connectivity index (χ0) is 14.0. The lowest BCUT2D eigenvalue weighted by atomic mass is 10.1. The average molecular weight is 261 g/mol. The Balaban J connectivity index is 1.85. The predicted octanol–water partition coefficient (Wildman–Crippen LogP) is 5.29. The highest BCUT2D eigenvalue weighted by atomic mass is 14.7. The van der Waals surface area contributed by atoms with E-state index in [1.807, 2.05) is 54.7 Å². The van der Waals surface area contributed by atoms with Crippen LogP contribution >= 0.6 is 0 Å². The smallest absolute Gasteiger partial charge is 0.0625 e. The van der Waals surface area contributed by atoms with Gasteiger partial charge < -0.3 is 0 Å². The van der Waals surface area contributed by atoms with Crippen LogP contribution in [0, 0.1) is 5.92 Å². The number of rotatable bonds is 5. The maximum absolute atomic E-state index is 4.44. The molecular formula is C19H19N. The third-order valence-corrected chi connectivity index (χ3v) is 2.83. The molecule has 0 aliphatic carbocycles. The minimum Gasteiger partial charge on any atom is -0.261 e. The van der Waals surface area contributed by atoms with Crippen LogP contribution in [0.2, 0.25) is 0 Å². The van der Waals surface area contributed by atoms with Crippen LogP contribution in [0.25, 0.3) is 6.08 Å². The van der Waals surface area contributed by atoms with Gasteiger partial charge in [-0.25, -0.2) is 0 Å². The van der Waals surface area contributed by atoms with Gasteiger partial charge in [-0.3, -0.25) is 4.99 Å². The maximum Gasteiger partial charge on any atom is 0.0625 e. The van der Waals surface area contributed by atoms with E-state index in [0.717, 1.165) is 5.69 Å². The standard InChI is InChI=1S/C19H19N/c1-17(16-20-19-14-6-3-7-15-19)10-8-9-13-18-11-4-2-5-12-18/h2-17H,1H3. The molecular weight excluding hydrogens is 242 g/mol. The van der Waals surface area contributed by atoms with Crippen LogP contribution in [0.15, 0.2) is 83.9 Å². The number of hydrogen-bond donors (Lipinski definition) is 0. The van der Waals surface area contributed by atoms with Crippen molar-refractivity contribution >= 4 is 18.0 Å². The van der Waals surface area contributed by atoms with Crippen LogP contribution in [-0.4, -0.2) is 6.21 Å². The normalized spacial score (nSPS) is 13.4. The van der Waals surface area contributed by atoms with Crippen molar-refractivity contribution in [1.29, 1.82) is 0 Å². The zero-order valence-corrected chi connectivity index (χ0v) is 11.7. The molecule has 1 atom stereocenters. The molecule has 0 aliphatic heterocycles. The molecule has 0 heterocycles. The highest BCUT2D eigenvalue weighted by Crippen LogP contribution is 2.10. The third-order valence-electron chi connectivity index (χ3n) is 2.83. The monoisotopic (exact) mass is 261 g/mol. The Kier molecular flexibility index (Phi) is 5.53. The van der Waals surface area contributed by atoms with E-state index < -0.39 is 0 Å². The quantitative estimate of drug-likeness (QED) is 0.512. The Morgan fingerprint density at radius 3 is 2.20 bits per heavy atom. The second-order valence-electron chi connectivity index (χ2n) is 4.63. The number of allylic oxidation sites excluding steroid dienone is 3. The molecule has 0 radical (unpaired) electrons. The summed E-state index contributed by atoms with van der Waals surface area (Å²) in [6, 6.07) is 20.3. The van der Waals surface area contributed by atoms with E-state index >= 15 is 0 Å². The van der Waals surface area contributed by atoms with Gasteiger partial charge in [-0.1, -0.05) is 79.8 Å². The van der Waals surface area contributed by atoms with E-state index in [-0.39, 0.29) is 0 Å². The minimum absolute atomic E-state index is 0.315. The van der Waals surface area contributed by atoms with Gasteiger partial charge in [-0.15, -0.1) is 0 Å². The summed E-state index contributed by atoms with van der Waals surface area (Å²) in [4.78, 5) is 4.44. The molecule has 0 bridgehead atoms. The van der Waals surface area contributed by atoms with Crippen LogP contribution in [0.4, 0.5) is 5.69 Å². The summed E-state index contributed by atoms with van der Waals surface area (Å²) in [7, 11) is 0. The second-order valence-corrected chi connectivity index (χ2v) is 4.63. The van der Waals surface area contributed by atoms with Crippen LogP contribution < -0.4 is 0 Å². The van der Waals surface area contributed by atoms with Crippen molar-refractivity contribution < 1.29 is 0 Å². The Morgan fingerprint density at radius 2 is 1.50 bits per heavy atom. The summed E-state index contributed by atoms with van der Waals surface area (Å²) in [5, 5.41) is 0. The molecule has 1 unspecified atom stereocenters. The molecule has 0 aromatic heterocycles. The van der Waals surface area contributed by atoms with E-state index in [2.05, 4.69) is 48.4 Å². The molecule has 20 heavy (non-hydrogen) atoms. The molecule has 0 amide bonds. The van der Waals surface area contributed by atoms with Gasteiger partial charge in [-0.05, 0) is 17.7 Å². The van der Waals surface area contributed by atoms with Gasteiger partial charge in [0.25, 0.3) is 0 Å². The Labute approximate surface area is 121 Å². The van der Waals surface area contributed by atoms with Gasteiger partial charge >= 0.3 is 0 Å². The summed E-state index contributed by atoms with van der Waals surface area (Å²) >= 11 is 0. The largest absolute Gasteiger partial charge is 0.261 e. The van der Waals surface area contributed by atoms with E-state index in [0.29, 0.717) is 5.92 Å². The van der Waals surface area contributed by atoms with E-state index in [1.54, 1.807) is 0 Å². The molecule has 100 valence electrons. The van der Waals surface area contributed by atoms with E-state index in [1.165, 1.54) is 5.56 Å². The highest BCUT2D eigenvalue weighted by molar-refractivity contribution is 5.67. The molecule has 0 saturated heterocycles. The van der Waals surface area contributed by atoms with Crippen LogP contribution in [-0.2, 0) is 0 Å². The van der Waals surface area contributed by atoms with Crippen LogP contribution in [0.5, 0.6) is 0 Å². The lowest BCUT2D eigenvalue weighted by Crippen LogP contribution is -1.88. The van der Waals surface area contributed by atoms with Gasteiger partial charge in [0, 0.05) is 12.1 Å². The lowest BCUT2D eigenvalue weighted by Gasteiger charge is -1.96. The van der Waals surface area contributed by atoms with Gasteiger partial charge in [0.05, 0.1) is 5.69 Å². The summed E-state index contributed by atoms with van der Waals surface area (Å²) in [6.45, 7) is 2.12. The summed E-state index contributed by atoms with van der Waals surface area (Å²) in [5.41, 5.74) is 2.20. The molecule has 0 N–H and O–H groups in total. The number of aliphatic imine (C=N–C) groups is 1. The molecule has 1 heteroatoms. The first-order valence-corrected chi connectivity index (χ1v) is 6.84. The van der Waals surface area contributed by atoms with Crippen molar-refractivity contribution in [2.24, 2.45) is 10.9 Å². The molecule has 0 saturated carbocycles. The maximum atomic E-state index is 4.44. The van der Waals surface area contributed by atoms with Crippen molar-refractivity contribution in [3.8, 4) is 0 Å². The number of benzene rings is 2. The van der Waals surface area contributed by atoms with Gasteiger partial charge in [0.1, 0.15) is 0 Å². The van der Waals surface area contributed by atoms with Crippen molar-refractivity contribution in [2.45, 2.75) is 6.92 Å². The second kappa shape index (κ2) is 7.90. The highest BCUT2D eigenvalue weighted by Gasteiger charge is 1.90. The minimum atomic E-state index is 0.315. The van der Waals surface area contributed by atoms with Gasteiger partial charge in [0.15, 0.2) is 0 Å². The molecule has 2 rings (SSSR count). The van der Waals surface area contributed by atoms with Gasteiger partial charge in [0.2, 0.25) is 0 Å². The molecule has 0 aliphatic rings. The molecule has 2 aromatic rings. The van der Waals surface area contributed by atoms with Crippen molar-refractivity contribution in [1.82, 2.24) is 0 Å². The summed E-state index contributed by atoms with van der Waals surface area (Å²) < 4.78 is 0. The number of para-hydroxylation sites is 1. The van der Waals surface area contributed by atoms with Crippen LogP contribution in [0.3, 0.4) is 0 Å². The number of nitrogens with zero attached hydrogens (tertiary/aromatic N) is 1. The third kappa shape index (κ3) is 5.07. The fourth-order valence-electron chi connectivity index (χ4n) is 1.74. The first kappa shape index (κ1) is 14.0. The molecule has 2 aromatic carbocycles. The van der Waals surface area contributed by atoms with Crippen molar-refractivity contribution in [2.75, 3.05) is 0 Å². The van der Waals surface area contributed by atoms with Crippen molar-refractivity contribution in [3.05, 3.63) is 84.5 Å². The van der Waals surface area contributed by atoms with Crippen LogP contribution in [0.1, 0.15) is 12.5 Å². The fourth-order valence-corrected chi connectivity index (χ4v) is 1.74. The van der Waals surface area contributed by atoms with Crippen molar-refractivity contribution in [3.63, 3.8) is 0 Å². The van der Waals surface area contributed by atoms with E-state index in [4.69, 9.17) is 0 Å². The Bertz CT molecular complexity index is 580. The summed E-state index contributed by atoms with van der Waals surface area (Å²) in [6.07, 6.45) is 10.3. The lowest BCUT2D eigenvalue weighted by molar-refractivity contribution is 1.02. The topological polar surface area (TPSA) is 12.4 Å². The molecule has 0 fully saturated rings. The fraction of sp³-hybridized carbons (Fsp3) is 0.105. The SMILES string of the molecule is CC(C=CC=Cc1ccccc1)C=Nc1ccccc1. The first-order valence-electron chi connectivity index (χ1n) is 6.84. The van der Waals surface area contributed by atoms with Gasteiger partial charge in [-0.2, -0.15) is 0 Å². The average Bonchev–Trinajstić information content (AvgIpc) is 2.52.